The predicted octanol–water partition coefficient (Wildman–Crippen LogP) is 20.6. The molecule has 5 aliphatic carbocycles. The first-order valence-electron chi connectivity index (χ1n) is 25.6. The Kier molecular flexibility index (Phi) is 49.8. The van der Waals surface area contributed by atoms with Gasteiger partial charge in [0.1, 0.15) is 11.3 Å². The highest BCUT2D eigenvalue weighted by Gasteiger charge is 2.31. The number of nitriles is 2. The van der Waals surface area contributed by atoms with E-state index in [1.807, 2.05) is 13.8 Å². The number of halogens is 2. The molecule has 0 unspecified atom stereocenters. The standard InChI is InChI=1S/2C9H15N.2C8H15F.C8H16.2C6H12O2.7CH4/c2*1-8-3-5-9(2,7-10)6-4-8;2*1-7-3-5-8(2,9)6-4-7;1-7-3-5-8(2)6-4-7;2*1-5-3-7-6(2)8-4-5;;;;;;;/h2*8H,3-6H2,1-2H3;2*7H,3-6H2,1-2H3;7-8H,3-6H2,1-2H3;2*5-6H,3-4H2,1-2H3;7*1H4. The maximum atomic E-state index is 13.0. The molecular formula is C61H128F2N2O4. The molecule has 2 aliphatic heterocycles. The number of hydrogen-bond donors (Lipinski definition) is 0. The van der Waals surface area contributed by atoms with Gasteiger partial charge in [-0.2, -0.15) is 10.5 Å². The van der Waals surface area contributed by atoms with Crippen LogP contribution in [0.4, 0.5) is 8.78 Å². The van der Waals surface area contributed by atoms with Gasteiger partial charge >= 0.3 is 0 Å². The SMILES string of the molecule is C.C.C.C.C.C.C.CC1CCC(C)(C#N)CC1.CC1CCC(C)(C#N)CC1.CC1CCC(C)(F)CC1.CC1CCC(C)(F)CC1.CC1CCC(C)CC1.CC1COC(C)OC1.CC1COC(C)OC1. The predicted molar refractivity (Wildman–Crippen MR) is 302 cm³/mol. The van der Waals surface area contributed by atoms with E-state index in [-0.39, 0.29) is 75.4 Å². The van der Waals surface area contributed by atoms with Crippen LogP contribution in [0.25, 0.3) is 0 Å². The normalized spacial score (nSPS) is 37.4. The molecule has 0 spiro atoms. The van der Waals surface area contributed by atoms with Gasteiger partial charge in [0, 0.05) is 11.8 Å². The van der Waals surface area contributed by atoms with Gasteiger partial charge in [0.05, 0.1) is 49.4 Å². The van der Waals surface area contributed by atoms with Crippen molar-refractivity contribution < 1.29 is 27.7 Å². The summed E-state index contributed by atoms with van der Waals surface area (Å²) >= 11 is 0. The summed E-state index contributed by atoms with van der Waals surface area (Å²) in [5, 5.41) is 17.6. The summed E-state index contributed by atoms with van der Waals surface area (Å²) in [6.45, 7) is 32.8. The van der Waals surface area contributed by atoms with Crippen molar-refractivity contribution in [3.05, 3.63) is 0 Å². The Morgan fingerprint density at radius 2 is 0.493 bits per heavy atom. The zero-order valence-electron chi connectivity index (χ0n) is 43.0. The zero-order chi connectivity index (χ0) is 47.0. The van der Waals surface area contributed by atoms with Gasteiger partial charge < -0.3 is 18.9 Å². The van der Waals surface area contributed by atoms with Crippen LogP contribution < -0.4 is 0 Å². The van der Waals surface area contributed by atoms with Crippen LogP contribution in [0.1, 0.15) is 277 Å². The van der Waals surface area contributed by atoms with E-state index in [0.29, 0.717) is 11.8 Å². The molecule has 0 bridgehead atoms. The lowest BCUT2D eigenvalue weighted by atomic mass is 9.73. The van der Waals surface area contributed by atoms with Gasteiger partial charge in [-0.15, -0.1) is 0 Å². The van der Waals surface area contributed by atoms with Gasteiger partial charge in [0.2, 0.25) is 0 Å². The van der Waals surface area contributed by atoms with E-state index in [2.05, 4.69) is 81.4 Å². The number of rotatable bonds is 0. The Morgan fingerprint density at radius 3 is 0.652 bits per heavy atom. The molecule has 0 atom stereocenters. The van der Waals surface area contributed by atoms with Crippen LogP contribution in [0.5, 0.6) is 0 Å². The van der Waals surface area contributed by atoms with Crippen LogP contribution in [-0.4, -0.2) is 50.3 Å². The molecule has 7 fully saturated rings. The Bertz CT molecular complexity index is 1050. The third kappa shape index (κ3) is 40.8. The quantitative estimate of drug-likeness (QED) is 0.240. The topological polar surface area (TPSA) is 84.5 Å². The summed E-state index contributed by atoms with van der Waals surface area (Å²) < 4.78 is 46.8. The highest BCUT2D eigenvalue weighted by atomic mass is 19.1. The summed E-state index contributed by atoms with van der Waals surface area (Å²) in [4.78, 5) is 0. The van der Waals surface area contributed by atoms with Gasteiger partial charge in [0.15, 0.2) is 12.6 Å². The monoisotopic (exact) mass is 991 g/mol. The van der Waals surface area contributed by atoms with Gasteiger partial charge in [0.25, 0.3) is 0 Å². The maximum absolute atomic E-state index is 13.0. The van der Waals surface area contributed by atoms with E-state index in [9.17, 15) is 8.78 Å². The molecule has 7 aliphatic rings. The summed E-state index contributed by atoms with van der Waals surface area (Å²) in [6, 6.07) is 4.80. The second-order valence-corrected chi connectivity index (χ2v) is 22.9. The molecule has 5 saturated carbocycles. The molecule has 0 amide bonds. The molecule has 0 radical (unpaired) electrons. The molecule has 0 aromatic rings. The average Bonchev–Trinajstić information content (AvgIpc) is 3.24. The van der Waals surface area contributed by atoms with Crippen LogP contribution in [0.3, 0.4) is 0 Å². The molecule has 8 heteroatoms. The second-order valence-electron chi connectivity index (χ2n) is 22.9. The minimum Gasteiger partial charge on any atom is -0.353 e. The largest absolute Gasteiger partial charge is 0.353 e. The van der Waals surface area contributed by atoms with Gasteiger partial charge in [-0.05, 0) is 180 Å². The van der Waals surface area contributed by atoms with E-state index >= 15 is 0 Å². The molecule has 0 aromatic carbocycles. The smallest absolute Gasteiger partial charge is 0.154 e. The van der Waals surface area contributed by atoms with E-state index in [1.54, 1.807) is 13.8 Å². The number of nitrogens with zero attached hydrogens (tertiary/aromatic N) is 2. The van der Waals surface area contributed by atoms with Crippen molar-refractivity contribution in [1.29, 1.82) is 10.5 Å². The lowest BCUT2D eigenvalue weighted by Crippen LogP contribution is -2.27. The summed E-state index contributed by atoms with van der Waals surface area (Å²) in [5.74, 6) is 6.40. The Hall–Kier alpha value is -1.32. The molecule has 420 valence electrons. The van der Waals surface area contributed by atoms with Crippen LogP contribution >= 0.6 is 0 Å². The van der Waals surface area contributed by atoms with E-state index in [4.69, 9.17) is 29.5 Å². The third-order valence-corrected chi connectivity index (χ3v) is 14.7. The molecule has 7 rings (SSSR count). The Morgan fingerprint density at radius 1 is 0.319 bits per heavy atom. The fourth-order valence-electron chi connectivity index (χ4n) is 8.57. The fraction of sp³-hybridized carbons (Fsp3) is 0.967. The maximum Gasteiger partial charge on any atom is 0.154 e. The average molecular weight is 992 g/mol. The van der Waals surface area contributed by atoms with Crippen molar-refractivity contribution in [2.45, 2.75) is 301 Å². The van der Waals surface area contributed by atoms with Gasteiger partial charge in [-0.3, -0.25) is 0 Å². The lowest BCUT2D eigenvalue weighted by Gasteiger charge is -2.29. The van der Waals surface area contributed by atoms with Crippen molar-refractivity contribution in [2.24, 2.45) is 58.2 Å². The number of hydrogen-bond acceptors (Lipinski definition) is 6. The minimum absolute atomic E-state index is 0. The van der Waals surface area contributed by atoms with Crippen molar-refractivity contribution in [3.63, 3.8) is 0 Å². The molecular weight excluding hydrogens is 863 g/mol. The lowest BCUT2D eigenvalue weighted by molar-refractivity contribution is -0.187. The third-order valence-electron chi connectivity index (χ3n) is 14.7. The van der Waals surface area contributed by atoms with Crippen LogP contribution in [-0.2, 0) is 18.9 Å². The molecule has 2 saturated heterocycles. The van der Waals surface area contributed by atoms with Crippen molar-refractivity contribution >= 4 is 0 Å². The second kappa shape index (κ2) is 42.1. The van der Waals surface area contributed by atoms with Crippen LogP contribution in [0, 0.1) is 80.8 Å². The van der Waals surface area contributed by atoms with Gasteiger partial charge in [-0.1, -0.05) is 133 Å². The van der Waals surface area contributed by atoms with E-state index in [1.165, 1.54) is 51.4 Å². The first-order valence-corrected chi connectivity index (χ1v) is 25.6. The number of alkyl halides is 2. The molecule has 0 aromatic heterocycles. The summed E-state index contributed by atoms with van der Waals surface area (Å²) in [6.07, 6.45) is 22.7. The first-order chi connectivity index (χ1) is 28.9. The van der Waals surface area contributed by atoms with Crippen molar-refractivity contribution in [1.82, 2.24) is 0 Å². The fourth-order valence-corrected chi connectivity index (χ4v) is 8.57. The van der Waals surface area contributed by atoms with Crippen LogP contribution in [0.2, 0.25) is 0 Å². The van der Waals surface area contributed by atoms with Crippen molar-refractivity contribution in [2.75, 3.05) is 26.4 Å². The highest BCUT2D eigenvalue weighted by Crippen LogP contribution is 2.39. The first kappa shape index (κ1) is 81.7. The molecule has 69 heavy (non-hydrogen) atoms. The zero-order valence-corrected chi connectivity index (χ0v) is 43.0. The summed E-state index contributed by atoms with van der Waals surface area (Å²) in [5.41, 5.74) is -1.67. The van der Waals surface area contributed by atoms with Crippen molar-refractivity contribution in [3.8, 4) is 12.1 Å². The molecule has 2 heterocycles. The van der Waals surface area contributed by atoms with E-state index < -0.39 is 11.3 Å². The molecule has 0 N–H and O–H groups in total. The van der Waals surface area contributed by atoms with Gasteiger partial charge in [-0.25, -0.2) is 8.78 Å². The van der Waals surface area contributed by atoms with E-state index in [0.717, 1.165) is 139 Å². The Labute approximate surface area is 434 Å². The minimum atomic E-state index is -0.841. The number of ether oxygens (including phenoxy) is 4. The molecule has 6 nitrogen and oxygen atoms in total. The van der Waals surface area contributed by atoms with Crippen LogP contribution in [0.15, 0.2) is 0 Å². The highest BCUT2D eigenvalue weighted by molar-refractivity contribution is 4.98. The Balaban J connectivity index is -0.000000128. The summed E-state index contributed by atoms with van der Waals surface area (Å²) in [7, 11) is 0.